The molecule has 0 aromatic rings. The van der Waals surface area contributed by atoms with Crippen LogP contribution in [0.4, 0.5) is 8.78 Å². The van der Waals surface area contributed by atoms with Gasteiger partial charge < -0.3 is 4.74 Å². The second-order valence-corrected chi connectivity index (χ2v) is 3.46. The summed E-state index contributed by atoms with van der Waals surface area (Å²) in [6.45, 7) is 2.69. The van der Waals surface area contributed by atoms with Crippen LogP contribution in [0.2, 0.25) is 0 Å². The molecule has 0 bridgehead atoms. The van der Waals surface area contributed by atoms with Crippen molar-refractivity contribution in [2.75, 3.05) is 6.61 Å². The first-order valence-corrected chi connectivity index (χ1v) is 3.96. The minimum Gasteiger partial charge on any atom is -0.461 e. The standard InChI is InChI=1S/C8H12F2O2/c1-5-3-6(5)4-12-7(11)8(2,9)10/h5-6H,3-4H2,1-2H3. The first-order chi connectivity index (χ1) is 5.41. The molecule has 1 rings (SSSR count). The van der Waals surface area contributed by atoms with E-state index in [2.05, 4.69) is 4.74 Å². The predicted molar refractivity (Wildman–Crippen MR) is 38.9 cm³/mol. The molecule has 2 nitrogen and oxygen atoms in total. The number of carbonyl (C=O) groups is 1. The molecule has 4 heteroatoms. The van der Waals surface area contributed by atoms with E-state index in [1.807, 2.05) is 6.92 Å². The first-order valence-electron chi connectivity index (χ1n) is 3.96. The number of esters is 1. The Morgan fingerprint density at radius 1 is 1.67 bits per heavy atom. The Morgan fingerprint density at radius 2 is 2.17 bits per heavy atom. The van der Waals surface area contributed by atoms with Gasteiger partial charge in [-0.25, -0.2) is 4.79 Å². The van der Waals surface area contributed by atoms with Gasteiger partial charge in [0.25, 0.3) is 0 Å². The fraction of sp³-hybridized carbons (Fsp3) is 0.875. The molecule has 0 heterocycles. The van der Waals surface area contributed by atoms with E-state index < -0.39 is 11.9 Å². The maximum Gasteiger partial charge on any atom is 0.376 e. The van der Waals surface area contributed by atoms with Gasteiger partial charge in [0, 0.05) is 6.92 Å². The number of hydrogen-bond acceptors (Lipinski definition) is 2. The molecule has 2 unspecified atom stereocenters. The highest BCUT2D eigenvalue weighted by molar-refractivity contribution is 5.76. The topological polar surface area (TPSA) is 26.3 Å². The maximum atomic E-state index is 12.2. The molecular formula is C8H12F2O2. The van der Waals surface area contributed by atoms with Crippen LogP contribution in [-0.2, 0) is 9.53 Å². The van der Waals surface area contributed by atoms with E-state index in [-0.39, 0.29) is 6.61 Å². The van der Waals surface area contributed by atoms with Crippen molar-refractivity contribution in [2.45, 2.75) is 26.2 Å². The van der Waals surface area contributed by atoms with Crippen LogP contribution in [0.25, 0.3) is 0 Å². The zero-order valence-electron chi connectivity index (χ0n) is 7.14. The van der Waals surface area contributed by atoms with Crippen molar-refractivity contribution in [3.8, 4) is 0 Å². The van der Waals surface area contributed by atoms with Gasteiger partial charge in [-0.3, -0.25) is 0 Å². The van der Waals surface area contributed by atoms with Crippen molar-refractivity contribution in [3.63, 3.8) is 0 Å². The summed E-state index contributed by atoms with van der Waals surface area (Å²) in [4.78, 5) is 10.5. The van der Waals surface area contributed by atoms with Crippen LogP contribution in [0.3, 0.4) is 0 Å². The third kappa shape index (κ3) is 2.43. The quantitative estimate of drug-likeness (QED) is 0.616. The fourth-order valence-electron chi connectivity index (χ4n) is 0.941. The zero-order chi connectivity index (χ0) is 9.35. The number of ether oxygens (including phenoxy) is 1. The molecule has 0 spiro atoms. The van der Waals surface area contributed by atoms with E-state index in [0.717, 1.165) is 6.42 Å². The monoisotopic (exact) mass is 178 g/mol. The van der Waals surface area contributed by atoms with Crippen molar-refractivity contribution in [1.82, 2.24) is 0 Å². The van der Waals surface area contributed by atoms with Gasteiger partial charge in [-0.05, 0) is 18.3 Å². The summed E-state index contributed by atoms with van der Waals surface area (Å²) in [5.41, 5.74) is 0. The Balaban J connectivity index is 2.19. The Kier molecular flexibility index (Phi) is 2.35. The molecule has 0 aliphatic heterocycles. The highest BCUT2D eigenvalue weighted by Gasteiger charge is 2.38. The molecule has 0 amide bonds. The lowest BCUT2D eigenvalue weighted by Crippen LogP contribution is -2.27. The Morgan fingerprint density at radius 3 is 2.50 bits per heavy atom. The van der Waals surface area contributed by atoms with Gasteiger partial charge in [-0.2, -0.15) is 8.78 Å². The highest BCUT2D eigenvalue weighted by atomic mass is 19.3. The van der Waals surface area contributed by atoms with Crippen LogP contribution >= 0.6 is 0 Å². The van der Waals surface area contributed by atoms with E-state index in [9.17, 15) is 13.6 Å². The predicted octanol–water partition coefficient (Wildman–Crippen LogP) is 1.84. The van der Waals surface area contributed by atoms with Crippen LogP contribution in [-0.4, -0.2) is 18.5 Å². The van der Waals surface area contributed by atoms with Crippen molar-refractivity contribution in [1.29, 1.82) is 0 Å². The molecule has 0 radical (unpaired) electrons. The molecule has 0 saturated heterocycles. The lowest BCUT2D eigenvalue weighted by molar-refractivity contribution is -0.169. The van der Waals surface area contributed by atoms with Crippen LogP contribution in [0.1, 0.15) is 20.3 Å². The SMILES string of the molecule is CC1CC1COC(=O)C(C)(F)F. The smallest absolute Gasteiger partial charge is 0.376 e. The van der Waals surface area contributed by atoms with E-state index in [1.54, 1.807) is 0 Å². The van der Waals surface area contributed by atoms with E-state index >= 15 is 0 Å². The van der Waals surface area contributed by atoms with Crippen LogP contribution in [0, 0.1) is 11.8 Å². The third-order valence-corrected chi connectivity index (χ3v) is 2.06. The summed E-state index contributed by atoms with van der Waals surface area (Å²) in [5.74, 6) is -3.95. The third-order valence-electron chi connectivity index (χ3n) is 2.06. The van der Waals surface area contributed by atoms with Gasteiger partial charge in [0.05, 0.1) is 6.61 Å². The average Bonchev–Trinajstić information content (AvgIpc) is 2.59. The van der Waals surface area contributed by atoms with E-state index in [0.29, 0.717) is 18.8 Å². The largest absolute Gasteiger partial charge is 0.461 e. The molecule has 1 fully saturated rings. The number of carbonyl (C=O) groups excluding carboxylic acids is 1. The molecule has 0 N–H and O–H groups in total. The molecule has 1 aliphatic carbocycles. The molecule has 70 valence electrons. The maximum absolute atomic E-state index is 12.2. The number of hydrogen-bond donors (Lipinski definition) is 0. The fourth-order valence-corrected chi connectivity index (χ4v) is 0.941. The molecule has 2 atom stereocenters. The van der Waals surface area contributed by atoms with Gasteiger partial charge in [-0.15, -0.1) is 0 Å². The van der Waals surface area contributed by atoms with Crippen molar-refractivity contribution in [2.24, 2.45) is 11.8 Å². The zero-order valence-corrected chi connectivity index (χ0v) is 7.14. The Hall–Kier alpha value is -0.670. The summed E-state index contributed by atoms with van der Waals surface area (Å²) >= 11 is 0. The number of rotatable bonds is 3. The minimum atomic E-state index is -3.35. The molecule has 0 aromatic carbocycles. The average molecular weight is 178 g/mol. The van der Waals surface area contributed by atoms with Crippen LogP contribution < -0.4 is 0 Å². The molecule has 0 aromatic heterocycles. The Bertz CT molecular complexity index is 186. The lowest BCUT2D eigenvalue weighted by Gasteiger charge is -2.09. The van der Waals surface area contributed by atoms with Gasteiger partial charge in [0.1, 0.15) is 0 Å². The summed E-state index contributed by atoms with van der Waals surface area (Å²) in [6, 6.07) is 0. The second-order valence-electron chi connectivity index (χ2n) is 3.46. The van der Waals surface area contributed by atoms with Gasteiger partial charge in [-0.1, -0.05) is 6.92 Å². The minimum absolute atomic E-state index is 0.142. The van der Waals surface area contributed by atoms with Crippen LogP contribution in [0.5, 0.6) is 0 Å². The normalized spacial score (nSPS) is 28.3. The second kappa shape index (κ2) is 2.99. The Labute approximate surface area is 69.9 Å². The number of alkyl halides is 2. The van der Waals surface area contributed by atoms with Gasteiger partial charge in [0.2, 0.25) is 0 Å². The lowest BCUT2D eigenvalue weighted by atomic mass is 10.3. The summed E-state index contributed by atoms with van der Waals surface area (Å²) in [7, 11) is 0. The molecule has 1 aliphatic rings. The van der Waals surface area contributed by atoms with Crippen molar-refractivity contribution >= 4 is 5.97 Å². The molecule has 12 heavy (non-hydrogen) atoms. The molecular weight excluding hydrogens is 166 g/mol. The highest BCUT2D eigenvalue weighted by Crippen LogP contribution is 2.37. The summed E-state index contributed by atoms with van der Waals surface area (Å²) < 4.78 is 28.8. The van der Waals surface area contributed by atoms with E-state index in [4.69, 9.17) is 0 Å². The summed E-state index contributed by atoms with van der Waals surface area (Å²) in [6.07, 6.45) is 0.975. The first kappa shape index (κ1) is 9.42. The van der Waals surface area contributed by atoms with Crippen LogP contribution in [0.15, 0.2) is 0 Å². The van der Waals surface area contributed by atoms with Gasteiger partial charge >= 0.3 is 11.9 Å². The number of halogens is 2. The van der Waals surface area contributed by atoms with E-state index in [1.165, 1.54) is 0 Å². The summed E-state index contributed by atoms with van der Waals surface area (Å²) in [5, 5.41) is 0. The molecule has 1 saturated carbocycles. The van der Waals surface area contributed by atoms with Gasteiger partial charge in [0.15, 0.2) is 0 Å². The van der Waals surface area contributed by atoms with Crippen molar-refractivity contribution in [3.05, 3.63) is 0 Å². The van der Waals surface area contributed by atoms with Crippen molar-refractivity contribution < 1.29 is 18.3 Å².